The number of rotatable bonds is 11. The number of nitrogens with one attached hydrogen (secondary N) is 1. The van der Waals surface area contributed by atoms with E-state index in [-0.39, 0.29) is 19.4 Å². The van der Waals surface area contributed by atoms with Crippen LogP contribution in [-0.2, 0) is 30.2 Å². The minimum atomic E-state index is -1.02. The van der Waals surface area contributed by atoms with Gasteiger partial charge < -0.3 is 24.3 Å². The predicted molar refractivity (Wildman–Crippen MR) is 139 cm³/mol. The summed E-state index contributed by atoms with van der Waals surface area (Å²) in [6.07, 6.45) is -0.0305. The van der Waals surface area contributed by atoms with Gasteiger partial charge in [-0.3, -0.25) is 4.79 Å². The zero-order valence-electron chi connectivity index (χ0n) is 23.7. The van der Waals surface area contributed by atoms with Gasteiger partial charge in [0, 0.05) is 0 Å². The van der Waals surface area contributed by atoms with E-state index in [1.807, 2.05) is 0 Å². The lowest BCUT2D eigenvalue weighted by Gasteiger charge is -2.28. The molecule has 0 saturated heterocycles. The van der Waals surface area contributed by atoms with Crippen LogP contribution in [-0.4, -0.2) is 54.2 Å². The third-order valence-electron chi connectivity index (χ3n) is 4.68. The van der Waals surface area contributed by atoms with Crippen LogP contribution in [0, 0.1) is 5.92 Å². The summed E-state index contributed by atoms with van der Waals surface area (Å²) < 4.78 is 34.1. The Labute approximate surface area is 220 Å². The summed E-state index contributed by atoms with van der Waals surface area (Å²) in [6, 6.07) is 6.01. The van der Waals surface area contributed by atoms with Crippen LogP contribution in [0.2, 0.25) is 0 Å². The second-order valence-corrected chi connectivity index (χ2v) is 11.9. The van der Waals surface area contributed by atoms with Gasteiger partial charge in [-0.1, -0.05) is 12.1 Å². The van der Waals surface area contributed by atoms with Gasteiger partial charge in [0.05, 0.1) is 5.92 Å². The van der Waals surface area contributed by atoms with Crippen LogP contribution in [0.3, 0.4) is 0 Å². The second-order valence-electron chi connectivity index (χ2n) is 11.9. The summed E-state index contributed by atoms with van der Waals surface area (Å²) in [5.41, 5.74) is -1.36. The van der Waals surface area contributed by atoms with Crippen molar-refractivity contribution in [2.45, 2.75) is 104 Å². The topological polar surface area (TPSA) is 100 Å². The Balaban J connectivity index is 3.08. The number of benzene rings is 1. The van der Waals surface area contributed by atoms with E-state index >= 15 is 0 Å². The number of hydrogen-bond donors (Lipinski definition) is 1. The first-order valence-electron chi connectivity index (χ1n) is 12.6. The van der Waals surface area contributed by atoms with Gasteiger partial charge in [-0.15, -0.1) is 0 Å². The molecule has 0 spiro atoms. The van der Waals surface area contributed by atoms with E-state index < -0.39 is 53.5 Å². The molecule has 2 atom stereocenters. The lowest BCUT2D eigenvalue weighted by Crippen LogP contribution is -2.46. The van der Waals surface area contributed by atoms with Crippen molar-refractivity contribution in [1.82, 2.24) is 5.32 Å². The molecule has 1 N–H and O–H groups in total. The Morgan fingerprint density at radius 1 is 0.784 bits per heavy atom. The fraction of sp³-hybridized carbons (Fsp3) is 0.679. The zero-order valence-corrected chi connectivity index (χ0v) is 23.7. The molecule has 1 rings (SSSR count). The average molecular weight is 526 g/mol. The number of ether oxygens (including phenoxy) is 4. The second kappa shape index (κ2) is 13.6. The van der Waals surface area contributed by atoms with Crippen molar-refractivity contribution in [2.75, 3.05) is 13.3 Å². The molecule has 0 bridgehead atoms. The molecule has 0 aliphatic rings. The monoisotopic (exact) mass is 525 g/mol. The van der Waals surface area contributed by atoms with Crippen LogP contribution in [0.25, 0.3) is 0 Å². The highest BCUT2D eigenvalue weighted by Gasteiger charge is 2.32. The van der Waals surface area contributed by atoms with Crippen LogP contribution in [0.5, 0.6) is 5.75 Å². The number of carbonyl (C=O) groups is 3. The summed E-state index contributed by atoms with van der Waals surface area (Å²) >= 11 is 0. The van der Waals surface area contributed by atoms with Gasteiger partial charge in [-0.2, -0.15) is 0 Å². The first kappa shape index (κ1) is 32.2. The minimum absolute atomic E-state index is 0.0312. The van der Waals surface area contributed by atoms with E-state index in [0.29, 0.717) is 12.2 Å². The molecule has 0 aliphatic carbocycles. The molecule has 1 aromatic carbocycles. The maximum absolute atomic E-state index is 13.1. The number of alkyl carbamates (subject to hydrolysis) is 1. The van der Waals surface area contributed by atoms with E-state index in [9.17, 15) is 18.8 Å². The number of alkyl halides is 1. The molecular weight excluding hydrogens is 481 g/mol. The summed E-state index contributed by atoms with van der Waals surface area (Å²) in [6.45, 7) is 15.1. The fourth-order valence-electron chi connectivity index (χ4n) is 3.29. The Morgan fingerprint density at radius 3 is 1.78 bits per heavy atom. The first-order valence-corrected chi connectivity index (χ1v) is 12.6. The van der Waals surface area contributed by atoms with Gasteiger partial charge in [-0.25, -0.2) is 14.0 Å². The minimum Gasteiger partial charge on any atom is -0.491 e. The first-order chi connectivity index (χ1) is 16.9. The third kappa shape index (κ3) is 14.5. The summed E-state index contributed by atoms with van der Waals surface area (Å²) in [7, 11) is 0. The van der Waals surface area contributed by atoms with Gasteiger partial charge in [-0.05, 0) is 99.3 Å². The molecule has 1 amide bonds. The highest BCUT2D eigenvalue weighted by molar-refractivity contribution is 5.82. The van der Waals surface area contributed by atoms with E-state index in [1.165, 1.54) is 0 Å². The quantitative estimate of drug-likeness (QED) is 0.299. The van der Waals surface area contributed by atoms with Crippen LogP contribution in [0.1, 0.15) is 80.7 Å². The van der Waals surface area contributed by atoms with E-state index in [2.05, 4.69) is 5.32 Å². The van der Waals surface area contributed by atoms with E-state index in [1.54, 1.807) is 86.6 Å². The highest BCUT2D eigenvalue weighted by atomic mass is 19.1. The normalized spacial score (nSPS) is 13.8. The van der Waals surface area contributed by atoms with Crippen molar-refractivity contribution in [2.24, 2.45) is 5.92 Å². The lowest BCUT2D eigenvalue weighted by atomic mass is 9.92. The molecule has 2 unspecified atom stereocenters. The molecule has 37 heavy (non-hydrogen) atoms. The molecule has 0 fully saturated rings. The van der Waals surface area contributed by atoms with Crippen LogP contribution >= 0.6 is 0 Å². The van der Waals surface area contributed by atoms with Crippen molar-refractivity contribution in [1.29, 1.82) is 0 Å². The molecule has 0 saturated carbocycles. The fourth-order valence-corrected chi connectivity index (χ4v) is 3.29. The smallest absolute Gasteiger partial charge is 0.408 e. The molecule has 0 aromatic heterocycles. The molecule has 1 aromatic rings. The Morgan fingerprint density at radius 2 is 1.30 bits per heavy atom. The van der Waals surface area contributed by atoms with Gasteiger partial charge in [0.25, 0.3) is 0 Å². The van der Waals surface area contributed by atoms with Crippen molar-refractivity contribution >= 4 is 18.0 Å². The maximum Gasteiger partial charge on any atom is 0.408 e. The lowest BCUT2D eigenvalue weighted by molar-refractivity contribution is -0.162. The molecule has 8 nitrogen and oxygen atoms in total. The molecule has 0 heterocycles. The number of amides is 1. The summed E-state index contributed by atoms with van der Waals surface area (Å²) in [4.78, 5) is 38.4. The van der Waals surface area contributed by atoms with Crippen molar-refractivity contribution < 1.29 is 37.7 Å². The van der Waals surface area contributed by atoms with Crippen LogP contribution < -0.4 is 10.1 Å². The van der Waals surface area contributed by atoms with E-state index in [4.69, 9.17) is 18.9 Å². The number of carbonyl (C=O) groups excluding carboxylic acids is 3. The van der Waals surface area contributed by atoms with Gasteiger partial charge in [0.15, 0.2) is 0 Å². The predicted octanol–water partition coefficient (Wildman–Crippen LogP) is 5.55. The van der Waals surface area contributed by atoms with Crippen molar-refractivity contribution in [3.8, 4) is 5.75 Å². The van der Waals surface area contributed by atoms with Crippen molar-refractivity contribution in [3.63, 3.8) is 0 Å². The molecule has 0 radical (unpaired) electrons. The van der Waals surface area contributed by atoms with Crippen LogP contribution in [0.4, 0.5) is 9.18 Å². The number of esters is 2. The zero-order chi connectivity index (χ0) is 28.4. The van der Waals surface area contributed by atoms with Crippen molar-refractivity contribution in [3.05, 3.63) is 29.8 Å². The highest BCUT2D eigenvalue weighted by Crippen LogP contribution is 2.23. The molecule has 210 valence electrons. The summed E-state index contributed by atoms with van der Waals surface area (Å²) in [5.74, 6) is -1.09. The maximum atomic E-state index is 13.1. The standard InChI is InChI=1S/C28H44FNO7/c1-26(2,3)35-23(31)20(18-19-10-13-21(14-11-19)34-17-16-29)12-15-22(24(32)36-27(4,5)6)30-25(33)37-28(7,8)9/h10-11,13-14,20,22H,12,15-18H2,1-9H3,(H,30,33). The number of halogens is 1. The van der Waals surface area contributed by atoms with Gasteiger partial charge >= 0.3 is 18.0 Å². The van der Waals surface area contributed by atoms with E-state index in [0.717, 1.165) is 5.56 Å². The SMILES string of the molecule is CC(C)(C)OC(=O)NC(CCC(Cc1ccc(OCCF)cc1)C(=O)OC(C)(C)C)C(=O)OC(C)(C)C. The largest absolute Gasteiger partial charge is 0.491 e. The Kier molecular flexibility index (Phi) is 11.9. The Bertz CT molecular complexity index is 880. The number of hydrogen-bond acceptors (Lipinski definition) is 7. The third-order valence-corrected chi connectivity index (χ3v) is 4.68. The van der Waals surface area contributed by atoms with Crippen LogP contribution in [0.15, 0.2) is 24.3 Å². The average Bonchev–Trinajstić information content (AvgIpc) is 2.71. The molecular formula is C28H44FNO7. The summed E-state index contributed by atoms with van der Waals surface area (Å²) in [5, 5.41) is 2.59. The van der Waals surface area contributed by atoms with Gasteiger partial charge in [0.2, 0.25) is 0 Å². The Hall–Kier alpha value is -2.84. The molecule has 9 heteroatoms. The molecule has 0 aliphatic heterocycles. The van der Waals surface area contributed by atoms with Gasteiger partial charge in [0.1, 0.15) is 41.9 Å².